The Kier molecular flexibility index (Phi) is 9.21. The third-order valence-electron chi connectivity index (χ3n) is 13.7. The third-order valence-corrected chi connectivity index (χ3v) is 14.9. The van der Waals surface area contributed by atoms with Crippen LogP contribution in [-0.2, 0) is 16.2 Å². The Hall–Kier alpha value is -6.36. The largest absolute Gasteiger partial charge is 0.311 e. The van der Waals surface area contributed by atoms with Gasteiger partial charge in [-0.15, -0.1) is 11.3 Å². The van der Waals surface area contributed by atoms with E-state index >= 15 is 0 Å². The molecule has 0 atom stereocenters. The fourth-order valence-corrected chi connectivity index (χ4v) is 11.4. The van der Waals surface area contributed by atoms with Crippen molar-refractivity contribution < 1.29 is 0 Å². The van der Waals surface area contributed by atoms with Crippen molar-refractivity contribution in [3.8, 4) is 22.3 Å². The Balaban J connectivity index is 1.22. The molecule has 0 bridgehead atoms. The number of nitrogens with zero attached hydrogens (tertiary/aromatic N) is 2. The molecule has 11 rings (SSSR count). The van der Waals surface area contributed by atoms with Crippen molar-refractivity contribution in [2.24, 2.45) is 0 Å². The highest BCUT2D eigenvalue weighted by molar-refractivity contribution is 7.26. The first-order valence-electron chi connectivity index (χ1n) is 22.9. The van der Waals surface area contributed by atoms with E-state index in [2.05, 4.69) is 242 Å². The molecule has 0 unspecified atom stereocenters. The van der Waals surface area contributed by atoms with Gasteiger partial charge in [0.2, 0.25) is 0 Å². The molecule has 4 heteroatoms. The topological polar surface area (TPSA) is 6.48 Å². The maximum atomic E-state index is 2.59. The van der Waals surface area contributed by atoms with Gasteiger partial charge in [0, 0.05) is 54.3 Å². The summed E-state index contributed by atoms with van der Waals surface area (Å²) < 4.78 is 2.65. The number of anilines is 6. The fraction of sp³-hybridized carbons (Fsp3) is 0.200. The molecule has 9 aromatic rings. The summed E-state index contributed by atoms with van der Waals surface area (Å²) in [6.45, 7) is 20.9. The maximum Gasteiger partial charge on any atom is 0.252 e. The van der Waals surface area contributed by atoms with Gasteiger partial charge in [0.1, 0.15) is 0 Å². The molecule has 3 heterocycles. The van der Waals surface area contributed by atoms with Gasteiger partial charge >= 0.3 is 0 Å². The minimum Gasteiger partial charge on any atom is -0.311 e. The number of thiophene rings is 1. The highest BCUT2D eigenvalue weighted by Gasteiger charge is 2.44. The van der Waals surface area contributed by atoms with Crippen LogP contribution in [0.2, 0.25) is 0 Å². The fourth-order valence-electron chi connectivity index (χ4n) is 10.2. The first-order valence-corrected chi connectivity index (χ1v) is 23.7. The lowest BCUT2D eigenvalue weighted by molar-refractivity contribution is 0.590. The second kappa shape index (κ2) is 14.6. The Morgan fingerprint density at radius 1 is 0.391 bits per heavy atom. The summed E-state index contributed by atoms with van der Waals surface area (Å²) in [7, 11) is 0. The molecule has 0 saturated carbocycles. The van der Waals surface area contributed by atoms with Gasteiger partial charge < -0.3 is 9.80 Å². The van der Waals surface area contributed by atoms with Crippen molar-refractivity contribution in [1.82, 2.24) is 0 Å². The standard InChI is InChI=1S/C60H55BN2S/c1-58(2,3)41-25-29-44(30-26-41)62-51-36-42(59(4,5)6)27-31-49(51)61-50-32-28-43(60(7,8)9)37-52(50)63(54-35-40(34-53(62)56(54)61)38-17-11-10-12-18-38)45-20-15-19-39(33-45)46-22-16-23-48-47-21-13-14-24-55(47)64-57(46)48/h10-37H,1-9H3. The Morgan fingerprint density at radius 2 is 0.922 bits per heavy atom. The zero-order chi connectivity index (χ0) is 44.3. The van der Waals surface area contributed by atoms with Gasteiger partial charge in [0.05, 0.1) is 0 Å². The highest BCUT2D eigenvalue weighted by Crippen LogP contribution is 2.49. The van der Waals surface area contributed by atoms with E-state index in [-0.39, 0.29) is 23.0 Å². The van der Waals surface area contributed by atoms with Crippen LogP contribution in [0.3, 0.4) is 0 Å². The van der Waals surface area contributed by atoms with Gasteiger partial charge in [0.15, 0.2) is 0 Å². The van der Waals surface area contributed by atoms with Gasteiger partial charge in [-0.25, -0.2) is 0 Å². The van der Waals surface area contributed by atoms with Gasteiger partial charge in [0.25, 0.3) is 6.71 Å². The van der Waals surface area contributed by atoms with Crippen LogP contribution < -0.4 is 26.2 Å². The second-order valence-corrected chi connectivity index (χ2v) is 22.1. The molecule has 0 saturated heterocycles. The monoisotopic (exact) mass is 846 g/mol. The molecule has 0 fully saturated rings. The predicted molar refractivity (Wildman–Crippen MR) is 280 cm³/mol. The zero-order valence-corrected chi connectivity index (χ0v) is 39.4. The molecule has 0 amide bonds. The maximum absolute atomic E-state index is 2.59. The highest BCUT2D eigenvalue weighted by atomic mass is 32.1. The van der Waals surface area contributed by atoms with Gasteiger partial charge in [-0.1, -0.05) is 178 Å². The van der Waals surface area contributed by atoms with E-state index < -0.39 is 0 Å². The molecular formula is C60H55BN2S. The van der Waals surface area contributed by atoms with Crippen LogP contribution in [0.1, 0.15) is 79.0 Å². The van der Waals surface area contributed by atoms with Crippen LogP contribution in [-0.4, -0.2) is 6.71 Å². The normalized spacial score (nSPS) is 13.6. The van der Waals surface area contributed by atoms with Crippen molar-refractivity contribution >= 4 is 88.7 Å². The first kappa shape index (κ1) is 40.4. The molecule has 1 aromatic heterocycles. The number of benzene rings is 8. The molecular weight excluding hydrogens is 792 g/mol. The van der Waals surface area contributed by atoms with E-state index in [1.165, 1.54) is 104 Å². The summed E-state index contributed by atoms with van der Waals surface area (Å²) in [6.07, 6.45) is 0. The van der Waals surface area contributed by atoms with Gasteiger partial charge in [-0.3, -0.25) is 0 Å². The lowest BCUT2D eigenvalue weighted by atomic mass is 9.33. The molecule has 0 N–H and O–H groups in total. The molecule has 8 aromatic carbocycles. The van der Waals surface area contributed by atoms with Crippen molar-refractivity contribution in [2.45, 2.75) is 78.6 Å². The van der Waals surface area contributed by atoms with Crippen molar-refractivity contribution in [1.29, 1.82) is 0 Å². The van der Waals surface area contributed by atoms with Crippen LogP contribution >= 0.6 is 11.3 Å². The number of rotatable bonds is 4. The average Bonchev–Trinajstić information content (AvgIpc) is 3.67. The van der Waals surface area contributed by atoms with E-state index in [0.29, 0.717) is 0 Å². The van der Waals surface area contributed by atoms with E-state index in [4.69, 9.17) is 0 Å². The van der Waals surface area contributed by atoms with Crippen LogP contribution in [0.5, 0.6) is 0 Å². The molecule has 64 heavy (non-hydrogen) atoms. The van der Waals surface area contributed by atoms with E-state index in [1.54, 1.807) is 0 Å². The lowest BCUT2D eigenvalue weighted by Gasteiger charge is -2.45. The predicted octanol–water partition coefficient (Wildman–Crippen LogP) is 15.4. The molecule has 0 radical (unpaired) electrons. The van der Waals surface area contributed by atoms with Crippen LogP contribution in [0.25, 0.3) is 42.4 Å². The molecule has 314 valence electrons. The SMILES string of the molecule is CC(C)(C)c1ccc(N2c3cc(C(C)(C)C)ccc3B3c4ccc(C(C)(C)C)cc4N(c4cccc(-c5cccc6c5sc5ccccc56)c4)c4cc(-c5ccccc5)cc2c43)cc1. The zero-order valence-electron chi connectivity index (χ0n) is 38.5. The van der Waals surface area contributed by atoms with E-state index in [1.807, 2.05) is 11.3 Å². The summed E-state index contributed by atoms with van der Waals surface area (Å²) in [5.74, 6) is 0. The van der Waals surface area contributed by atoms with E-state index in [0.717, 1.165) is 5.69 Å². The van der Waals surface area contributed by atoms with Crippen LogP contribution in [0, 0.1) is 0 Å². The molecule has 2 aliphatic heterocycles. The molecule has 0 spiro atoms. The Labute approximate surface area is 383 Å². The van der Waals surface area contributed by atoms with Gasteiger partial charge in [-0.2, -0.15) is 0 Å². The first-order chi connectivity index (χ1) is 30.6. The van der Waals surface area contributed by atoms with Crippen molar-refractivity contribution in [3.63, 3.8) is 0 Å². The number of hydrogen-bond acceptors (Lipinski definition) is 3. The van der Waals surface area contributed by atoms with Crippen molar-refractivity contribution in [3.05, 3.63) is 187 Å². The lowest BCUT2D eigenvalue weighted by Crippen LogP contribution is -2.61. The van der Waals surface area contributed by atoms with Gasteiger partial charge in [-0.05, 0) is 126 Å². The summed E-state index contributed by atoms with van der Waals surface area (Å²) in [6, 6.07) is 64.8. The molecule has 0 aliphatic carbocycles. The van der Waals surface area contributed by atoms with E-state index in [9.17, 15) is 0 Å². The van der Waals surface area contributed by atoms with Crippen molar-refractivity contribution in [2.75, 3.05) is 9.80 Å². The third kappa shape index (κ3) is 6.60. The minimum atomic E-state index is -0.0429. The molecule has 2 aliphatic rings. The Bertz CT molecular complexity index is 3280. The number of fused-ring (bicyclic) bond motifs is 7. The molecule has 2 nitrogen and oxygen atoms in total. The summed E-state index contributed by atoms with van der Waals surface area (Å²) in [5.41, 5.74) is 20.1. The quantitative estimate of drug-likeness (QED) is 0.163. The summed E-state index contributed by atoms with van der Waals surface area (Å²) in [5, 5.41) is 2.64. The smallest absolute Gasteiger partial charge is 0.252 e. The average molecular weight is 847 g/mol. The van der Waals surface area contributed by atoms with Crippen LogP contribution in [0.4, 0.5) is 34.1 Å². The minimum absolute atomic E-state index is 0.0256. The Morgan fingerprint density at radius 3 is 1.55 bits per heavy atom. The summed E-state index contributed by atoms with van der Waals surface area (Å²) in [4.78, 5) is 5.17. The number of hydrogen-bond donors (Lipinski definition) is 0. The summed E-state index contributed by atoms with van der Waals surface area (Å²) >= 11 is 1.90. The second-order valence-electron chi connectivity index (χ2n) is 21.1. The van der Waals surface area contributed by atoms with Crippen LogP contribution in [0.15, 0.2) is 170 Å².